The average molecular weight is 379 g/mol. The number of nitrogens with one attached hydrogen (secondary N) is 2. The zero-order valence-corrected chi connectivity index (χ0v) is 15.0. The molecule has 5 nitrogen and oxygen atoms in total. The lowest BCUT2D eigenvalue weighted by atomic mass is 10.2. The lowest BCUT2D eigenvalue weighted by Gasteiger charge is -2.08. The molecule has 3 rings (SSSR count). The van der Waals surface area contributed by atoms with Crippen LogP contribution in [0.2, 0.25) is 5.02 Å². The molecule has 0 aliphatic carbocycles. The Balaban J connectivity index is 1.66. The van der Waals surface area contributed by atoms with E-state index in [2.05, 4.69) is 21.6 Å². The summed E-state index contributed by atoms with van der Waals surface area (Å²) in [5, 5.41) is 12.5. The molecule has 24 heavy (non-hydrogen) atoms. The van der Waals surface area contributed by atoms with Crippen molar-refractivity contribution in [3.8, 4) is 11.4 Å². The van der Waals surface area contributed by atoms with E-state index in [4.69, 9.17) is 23.8 Å². The number of thiophene rings is 1. The topological polar surface area (TPSA) is 62.7 Å². The quantitative estimate of drug-likeness (QED) is 0.643. The van der Waals surface area contributed by atoms with Crippen molar-refractivity contribution in [2.24, 2.45) is 0 Å². The highest BCUT2D eigenvalue weighted by Crippen LogP contribution is 2.19. The van der Waals surface area contributed by atoms with E-state index >= 15 is 0 Å². The van der Waals surface area contributed by atoms with Crippen molar-refractivity contribution < 1.29 is 4.79 Å². The summed E-state index contributed by atoms with van der Waals surface area (Å²) in [5.41, 5.74) is 0.845. The van der Waals surface area contributed by atoms with Crippen LogP contribution >= 0.6 is 35.2 Å². The number of carbonyl (C=O) groups excluding carboxylic acids is 1. The van der Waals surface area contributed by atoms with Gasteiger partial charge in [0.25, 0.3) is 0 Å². The van der Waals surface area contributed by atoms with Crippen LogP contribution in [0.5, 0.6) is 0 Å². The number of hydrogen-bond acceptors (Lipinski definition) is 4. The maximum atomic E-state index is 12.2. The standard InChI is InChI=1S/C16H15ClN4OS2/c17-12-5-3-11(4-6-12)15-19-20-16(23)21(15)10-14(22)18-8-7-13-2-1-9-24-13/h1-6,9H,7-8,10H2,(H,18,22)(H,20,23). The summed E-state index contributed by atoms with van der Waals surface area (Å²) >= 11 is 12.8. The van der Waals surface area contributed by atoms with Gasteiger partial charge in [0, 0.05) is 22.0 Å². The van der Waals surface area contributed by atoms with Crippen molar-refractivity contribution in [1.29, 1.82) is 0 Å². The monoisotopic (exact) mass is 378 g/mol. The number of H-pyrrole nitrogens is 1. The van der Waals surface area contributed by atoms with Crippen molar-refractivity contribution in [3.05, 3.63) is 56.4 Å². The Morgan fingerprint density at radius 3 is 2.83 bits per heavy atom. The van der Waals surface area contributed by atoms with Gasteiger partial charge in [-0.2, -0.15) is 5.10 Å². The molecule has 2 heterocycles. The van der Waals surface area contributed by atoms with E-state index in [1.165, 1.54) is 4.88 Å². The highest BCUT2D eigenvalue weighted by Gasteiger charge is 2.12. The van der Waals surface area contributed by atoms with Gasteiger partial charge in [0.2, 0.25) is 5.91 Å². The minimum atomic E-state index is -0.0979. The average Bonchev–Trinajstić information content (AvgIpc) is 3.20. The first-order valence-corrected chi connectivity index (χ1v) is 9.00. The molecular weight excluding hydrogens is 364 g/mol. The van der Waals surface area contributed by atoms with Crippen LogP contribution in [0.25, 0.3) is 11.4 Å². The van der Waals surface area contributed by atoms with Gasteiger partial charge in [-0.1, -0.05) is 17.7 Å². The number of rotatable bonds is 6. The van der Waals surface area contributed by atoms with Crippen LogP contribution in [0.3, 0.4) is 0 Å². The second-order valence-electron chi connectivity index (χ2n) is 5.12. The van der Waals surface area contributed by atoms with Crippen molar-refractivity contribution in [3.63, 3.8) is 0 Å². The molecule has 0 aliphatic heterocycles. The molecule has 2 N–H and O–H groups in total. The first-order valence-electron chi connectivity index (χ1n) is 7.34. The van der Waals surface area contributed by atoms with E-state index in [0.29, 0.717) is 22.2 Å². The fraction of sp³-hybridized carbons (Fsp3) is 0.188. The van der Waals surface area contributed by atoms with Gasteiger partial charge in [0.15, 0.2) is 10.6 Å². The van der Waals surface area contributed by atoms with E-state index < -0.39 is 0 Å². The summed E-state index contributed by atoms with van der Waals surface area (Å²) in [6.07, 6.45) is 0.824. The van der Waals surface area contributed by atoms with Gasteiger partial charge in [0.05, 0.1) is 0 Å². The second kappa shape index (κ2) is 7.74. The van der Waals surface area contributed by atoms with E-state index in [9.17, 15) is 4.79 Å². The third-order valence-corrected chi connectivity index (χ3v) is 4.94. The van der Waals surface area contributed by atoms with Crippen LogP contribution in [0.15, 0.2) is 41.8 Å². The molecule has 124 valence electrons. The summed E-state index contributed by atoms with van der Waals surface area (Å²) < 4.78 is 2.09. The number of halogens is 1. The Kier molecular flexibility index (Phi) is 5.44. The predicted molar refractivity (Wildman–Crippen MR) is 98.9 cm³/mol. The maximum Gasteiger partial charge on any atom is 0.240 e. The molecule has 0 saturated carbocycles. The highest BCUT2D eigenvalue weighted by atomic mass is 35.5. The summed E-state index contributed by atoms with van der Waals surface area (Å²) in [5.74, 6) is 0.518. The van der Waals surface area contributed by atoms with Crippen LogP contribution in [0.4, 0.5) is 0 Å². The minimum Gasteiger partial charge on any atom is -0.354 e. The molecule has 1 aromatic carbocycles. The zero-order valence-electron chi connectivity index (χ0n) is 12.7. The molecule has 0 saturated heterocycles. The van der Waals surface area contributed by atoms with E-state index in [1.54, 1.807) is 28.0 Å². The molecule has 0 radical (unpaired) electrons. The van der Waals surface area contributed by atoms with Gasteiger partial charge < -0.3 is 5.32 Å². The largest absolute Gasteiger partial charge is 0.354 e. The third-order valence-electron chi connectivity index (χ3n) is 3.44. The predicted octanol–water partition coefficient (Wildman–Crippen LogP) is 3.68. The van der Waals surface area contributed by atoms with Gasteiger partial charge in [-0.25, -0.2) is 0 Å². The molecule has 0 unspecified atom stereocenters. The fourth-order valence-electron chi connectivity index (χ4n) is 2.26. The van der Waals surface area contributed by atoms with Gasteiger partial charge in [-0.05, 0) is 54.4 Å². The molecule has 0 aliphatic rings. The normalized spacial score (nSPS) is 10.7. The molecule has 0 spiro atoms. The van der Waals surface area contributed by atoms with Gasteiger partial charge in [0.1, 0.15) is 6.54 Å². The van der Waals surface area contributed by atoms with Crippen molar-refractivity contribution >= 4 is 41.1 Å². The first-order chi connectivity index (χ1) is 11.6. The first kappa shape index (κ1) is 16.9. The SMILES string of the molecule is O=C(Cn1c(-c2ccc(Cl)cc2)n[nH]c1=S)NCCc1cccs1. The van der Waals surface area contributed by atoms with Crippen molar-refractivity contribution in [2.45, 2.75) is 13.0 Å². The number of aromatic amines is 1. The van der Waals surface area contributed by atoms with Crippen LogP contribution < -0.4 is 5.32 Å². The maximum absolute atomic E-state index is 12.2. The Morgan fingerprint density at radius 2 is 2.12 bits per heavy atom. The van der Waals surface area contributed by atoms with Crippen molar-refractivity contribution in [2.75, 3.05) is 6.54 Å². The molecule has 0 fully saturated rings. The molecule has 1 amide bonds. The molecule has 8 heteroatoms. The third kappa shape index (κ3) is 4.11. The number of amides is 1. The van der Waals surface area contributed by atoms with Crippen LogP contribution in [0, 0.1) is 4.77 Å². The number of benzene rings is 1. The smallest absolute Gasteiger partial charge is 0.240 e. The summed E-state index contributed by atoms with van der Waals surface area (Å²) in [7, 11) is 0. The van der Waals surface area contributed by atoms with Crippen molar-refractivity contribution in [1.82, 2.24) is 20.1 Å². The minimum absolute atomic E-state index is 0.0979. The number of nitrogens with zero attached hydrogens (tertiary/aromatic N) is 2. The Bertz CT molecular complexity index is 868. The zero-order chi connectivity index (χ0) is 16.9. The van der Waals surface area contributed by atoms with Gasteiger partial charge in [-0.15, -0.1) is 11.3 Å². The van der Waals surface area contributed by atoms with Crippen LogP contribution in [0.1, 0.15) is 4.88 Å². The number of aromatic nitrogens is 3. The lowest BCUT2D eigenvalue weighted by Crippen LogP contribution is -2.29. The summed E-state index contributed by atoms with van der Waals surface area (Å²) in [6, 6.07) is 11.3. The van der Waals surface area contributed by atoms with Crippen LogP contribution in [-0.4, -0.2) is 27.2 Å². The molecule has 0 bridgehead atoms. The van der Waals surface area contributed by atoms with Gasteiger partial charge >= 0.3 is 0 Å². The Hall–Kier alpha value is -1.96. The number of hydrogen-bond donors (Lipinski definition) is 2. The highest BCUT2D eigenvalue weighted by molar-refractivity contribution is 7.71. The molecule has 0 atom stereocenters. The van der Waals surface area contributed by atoms with E-state index in [1.807, 2.05) is 23.6 Å². The molecule has 2 aromatic heterocycles. The van der Waals surface area contributed by atoms with E-state index in [0.717, 1.165) is 12.0 Å². The van der Waals surface area contributed by atoms with Gasteiger partial charge in [-0.3, -0.25) is 14.5 Å². The van der Waals surface area contributed by atoms with E-state index in [-0.39, 0.29) is 12.5 Å². The Morgan fingerprint density at radius 1 is 1.33 bits per heavy atom. The Labute approximate surface area is 153 Å². The molecular formula is C16H15ClN4OS2. The number of carbonyl (C=O) groups is 1. The second-order valence-corrected chi connectivity index (χ2v) is 6.98. The summed E-state index contributed by atoms with van der Waals surface area (Å²) in [4.78, 5) is 13.4. The summed E-state index contributed by atoms with van der Waals surface area (Å²) in [6.45, 7) is 0.721. The lowest BCUT2D eigenvalue weighted by molar-refractivity contribution is -0.121. The molecule has 3 aromatic rings. The van der Waals surface area contributed by atoms with Crippen LogP contribution in [-0.2, 0) is 17.8 Å². The fourth-order valence-corrected chi connectivity index (χ4v) is 3.29.